The minimum Gasteiger partial charge on any atom is -0.480 e. The van der Waals surface area contributed by atoms with Crippen LogP contribution in [0.25, 0.3) is 0 Å². The molecule has 1 fully saturated rings. The van der Waals surface area contributed by atoms with E-state index in [0.717, 1.165) is 4.90 Å². The van der Waals surface area contributed by atoms with Crippen molar-refractivity contribution in [1.82, 2.24) is 10.2 Å². The van der Waals surface area contributed by atoms with E-state index in [-0.39, 0.29) is 24.6 Å². The molecule has 0 radical (unpaired) electrons. The zero-order valence-electron chi connectivity index (χ0n) is 10.7. The van der Waals surface area contributed by atoms with Crippen molar-refractivity contribution in [2.24, 2.45) is 5.73 Å². The molecule has 2 amide bonds. The molecular formula is C10H17N3O6S. The third kappa shape index (κ3) is 5.97. The molecule has 0 aliphatic carbocycles. The Kier molecular flexibility index (Phi) is 5.45. The van der Waals surface area contributed by atoms with Crippen LogP contribution < -0.4 is 11.1 Å². The number of carboxylic acid groups (broad SMARTS) is 1. The lowest BCUT2D eigenvalue weighted by Crippen LogP contribution is -2.46. The Labute approximate surface area is 116 Å². The lowest BCUT2D eigenvalue weighted by Gasteiger charge is -2.19. The summed E-state index contributed by atoms with van der Waals surface area (Å²) in [6, 6.07) is -0.465. The molecule has 9 nitrogen and oxygen atoms in total. The van der Waals surface area contributed by atoms with Crippen molar-refractivity contribution in [1.29, 1.82) is 0 Å². The molecule has 10 heteroatoms. The van der Waals surface area contributed by atoms with Gasteiger partial charge in [-0.05, 0) is 6.42 Å². The molecular weight excluding hydrogens is 290 g/mol. The summed E-state index contributed by atoms with van der Waals surface area (Å²) in [5.41, 5.74) is 4.96. The zero-order valence-corrected chi connectivity index (χ0v) is 11.6. The first-order chi connectivity index (χ1) is 9.18. The van der Waals surface area contributed by atoms with Crippen LogP contribution in [0.2, 0.25) is 0 Å². The van der Waals surface area contributed by atoms with Crippen molar-refractivity contribution >= 4 is 27.6 Å². The van der Waals surface area contributed by atoms with Crippen LogP contribution in [0.15, 0.2) is 0 Å². The summed E-state index contributed by atoms with van der Waals surface area (Å²) >= 11 is 0. The topological polar surface area (TPSA) is 147 Å². The smallest absolute Gasteiger partial charge is 0.317 e. The van der Waals surface area contributed by atoms with Gasteiger partial charge in [0.05, 0.1) is 31.1 Å². The Hall–Kier alpha value is -1.68. The van der Waals surface area contributed by atoms with E-state index in [2.05, 4.69) is 5.32 Å². The third-order valence-corrected chi connectivity index (χ3v) is 4.47. The monoisotopic (exact) mass is 307 g/mol. The Morgan fingerprint density at radius 3 is 2.35 bits per heavy atom. The van der Waals surface area contributed by atoms with Crippen LogP contribution in [-0.2, 0) is 24.2 Å². The van der Waals surface area contributed by atoms with Crippen LogP contribution in [0.4, 0.5) is 0 Å². The van der Waals surface area contributed by atoms with E-state index in [9.17, 15) is 22.8 Å². The van der Waals surface area contributed by atoms with E-state index in [0.29, 0.717) is 6.42 Å². The van der Waals surface area contributed by atoms with Crippen molar-refractivity contribution < 1.29 is 27.9 Å². The quantitative estimate of drug-likeness (QED) is 0.459. The molecule has 0 saturated carbocycles. The molecule has 1 aliphatic heterocycles. The molecule has 0 aromatic heterocycles. The highest BCUT2D eigenvalue weighted by molar-refractivity contribution is 7.91. The Balaban J connectivity index is 2.49. The maximum Gasteiger partial charge on any atom is 0.317 e. The predicted octanol–water partition coefficient (Wildman–Crippen LogP) is -2.84. The maximum atomic E-state index is 11.7. The van der Waals surface area contributed by atoms with Gasteiger partial charge in [-0.2, -0.15) is 0 Å². The number of nitrogens with zero attached hydrogens (tertiary/aromatic N) is 1. The van der Waals surface area contributed by atoms with E-state index < -0.39 is 40.2 Å². The summed E-state index contributed by atoms with van der Waals surface area (Å²) in [4.78, 5) is 34.1. The highest BCUT2D eigenvalue weighted by Gasteiger charge is 2.29. The number of carbonyl (C=O) groups excluding carboxylic acids is 2. The number of carbonyl (C=O) groups is 3. The number of amides is 2. The molecule has 0 bridgehead atoms. The number of primary amides is 1. The molecule has 0 aromatic rings. The van der Waals surface area contributed by atoms with Gasteiger partial charge in [-0.25, -0.2) is 8.42 Å². The average molecular weight is 307 g/mol. The van der Waals surface area contributed by atoms with Crippen LogP contribution >= 0.6 is 0 Å². The second-order valence-corrected chi connectivity index (χ2v) is 6.90. The van der Waals surface area contributed by atoms with E-state index in [1.165, 1.54) is 0 Å². The van der Waals surface area contributed by atoms with E-state index in [1.807, 2.05) is 0 Å². The molecule has 114 valence electrons. The molecule has 1 unspecified atom stereocenters. The first-order valence-corrected chi connectivity index (χ1v) is 7.72. The number of sulfone groups is 1. The highest BCUT2D eigenvalue weighted by Crippen LogP contribution is 2.11. The van der Waals surface area contributed by atoms with Gasteiger partial charge in [-0.3, -0.25) is 19.3 Å². The number of aliphatic carboxylic acids is 1. The fraction of sp³-hybridized carbons (Fsp3) is 0.700. The largest absolute Gasteiger partial charge is 0.480 e. The zero-order chi connectivity index (χ0) is 15.3. The van der Waals surface area contributed by atoms with Crippen LogP contribution in [0.5, 0.6) is 0 Å². The minimum absolute atomic E-state index is 0.0259. The first kappa shape index (κ1) is 16.4. The lowest BCUT2D eigenvalue weighted by atomic mass is 10.2. The number of nitrogens with one attached hydrogen (secondary N) is 1. The fourth-order valence-corrected chi connectivity index (χ4v) is 3.64. The summed E-state index contributed by atoms with van der Waals surface area (Å²) in [5, 5.41) is 11.2. The standard InChI is InChI=1S/C10H17N3O6S/c11-8(14)3-13(5-10(16)17)4-9(15)12-7-1-2-20(18,19)6-7/h7H,1-6H2,(H2,11,14)(H,12,15)(H,16,17). The summed E-state index contributed by atoms with van der Waals surface area (Å²) in [5.74, 6) is -2.56. The van der Waals surface area contributed by atoms with Crippen molar-refractivity contribution in [2.45, 2.75) is 12.5 Å². The van der Waals surface area contributed by atoms with Crippen LogP contribution in [0, 0.1) is 0 Å². The molecule has 1 heterocycles. The molecule has 0 spiro atoms. The minimum atomic E-state index is -3.10. The van der Waals surface area contributed by atoms with Gasteiger partial charge in [-0.1, -0.05) is 0 Å². The molecule has 1 atom stereocenters. The number of carboxylic acids is 1. The normalized spacial score (nSPS) is 20.8. The predicted molar refractivity (Wildman–Crippen MR) is 68.5 cm³/mol. The summed E-state index contributed by atoms with van der Waals surface area (Å²) in [7, 11) is -3.10. The van der Waals surface area contributed by atoms with Gasteiger partial charge >= 0.3 is 5.97 Å². The maximum absolute atomic E-state index is 11.7. The van der Waals surface area contributed by atoms with Gasteiger partial charge in [0.15, 0.2) is 9.84 Å². The number of hydrogen-bond acceptors (Lipinski definition) is 6. The summed E-state index contributed by atoms with van der Waals surface area (Å²) < 4.78 is 22.5. The molecule has 1 saturated heterocycles. The molecule has 1 aliphatic rings. The molecule has 0 aromatic carbocycles. The van der Waals surface area contributed by atoms with E-state index >= 15 is 0 Å². The van der Waals surface area contributed by atoms with Gasteiger partial charge in [0, 0.05) is 6.04 Å². The van der Waals surface area contributed by atoms with E-state index in [1.54, 1.807) is 0 Å². The first-order valence-electron chi connectivity index (χ1n) is 5.90. The van der Waals surface area contributed by atoms with Crippen molar-refractivity contribution in [3.05, 3.63) is 0 Å². The van der Waals surface area contributed by atoms with Gasteiger partial charge in [-0.15, -0.1) is 0 Å². The van der Waals surface area contributed by atoms with Gasteiger partial charge in [0.1, 0.15) is 0 Å². The Bertz CT molecular complexity index is 487. The van der Waals surface area contributed by atoms with Gasteiger partial charge in [0.25, 0.3) is 0 Å². The number of rotatable bonds is 7. The second kappa shape index (κ2) is 6.66. The SMILES string of the molecule is NC(=O)CN(CC(=O)O)CC(=O)NC1CCS(=O)(=O)C1. The molecule has 1 rings (SSSR count). The van der Waals surface area contributed by atoms with Crippen LogP contribution in [-0.4, -0.2) is 73.4 Å². The second-order valence-electron chi connectivity index (χ2n) is 4.67. The third-order valence-electron chi connectivity index (χ3n) is 2.70. The highest BCUT2D eigenvalue weighted by atomic mass is 32.2. The number of hydrogen-bond donors (Lipinski definition) is 3. The van der Waals surface area contributed by atoms with Crippen molar-refractivity contribution in [3.63, 3.8) is 0 Å². The Morgan fingerprint density at radius 1 is 1.25 bits per heavy atom. The molecule has 20 heavy (non-hydrogen) atoms. The Morgan fingerprint density at radius 2 is 1.90 bits per heavy atom. The van der Waals surface area contributed by atoms with Gasteiger partial charge < -0.3 is 16.2 Å². The lowest BCUT2D eigenvalue weighted by molar-refractivity contribution is -0.139. The molecule has 4 N–H and O–H groups in total. The van der Waals surface area contributed by atoms with E-state index in [4.69, 9.17) is 10.8 Å². The fourth-order valence-electron chi connectivity index (χ4n) is 1.96. The average Bonchev–Trinajstić information content (AvgIpc) is 2.55. The van der Waals surface area contributed by atoms with Crippen LogP contribution in [0.3, 0.4) is 0 Å². The number of nitrogens with two attached hydrogens (primary N) is 1. The summed E-state index contributed by atoms with van der Waals surface area (Å²) in [6.07, 6.45) is 0.336. The van der Waals surface area contributed by atoms with Crippen LogP contribution in [0.1, 0.15) is 6.42 Å². The summed E-state index contributed by atoms with van der Waals surface area (Å²) in [6.45, 7) is -1.19. The van der Waals surface area contributed by atoms with Crippen molar-refractivity contribution in [2.75, 3.05) is 31.1 Å². The van der Waals surface area contributed by atoms with Gasteiger partial charge in [0.2, 0.25) is 11.8 Å². The van der Waals surface area contributed by atoms with Crippen molar-refractivity contribution in [3.8, 4) is 0 Å².